The molecule has 0 saturated heterocycles. The number of carbonyl (C=O) groups excluding carboxylic acids is 1. The van der Waals surface area contributed by atoms with Crippen LogP contribution in [0.15, 0.2) is 36.4 Å². The molecule has 0 saturated carbocycles. The molecule has 2 rings (SSSR count). The number of carbonyl (C=O) groups is 1. The smallest absolute Gasteiger partial charge is 0.255 e. The number of nitrogens with one attached hydrogen (secondary N) is 1. The monoisotopic (exact) mass is 335 g/mol. The fraction of sp³-hybridized carbons (Fsp3) is 0.235. The summed E-state index contributed by atoms with van der Waals surface area (Å²) in [5.74, 6) is 1.11. The third-order valence-electron chi connectivity index (χ3n) is 3.32. The molecular weight excluding hydrogens is 318 g/mol. The summed E-state index contributed by atoms with van der Waals surface area (Å²) in [6, 6.07) is 10.5. The van der Waals surface area contributed by atoms with Gasteiger partial charge in [0.25, 0.3) is 5.91 Å². The summed E-state index contributed by atoms with van der Waals surface area (Å²) in [7, 11) is 4.54. The van der Waals surface area contributed by atoms with Crippen LogP contribution in [0.1, 0.15) is 15.9 Å². The predicted molar refractivity (Wildman–Crippen MR) is 88.7 cm³/mol. The topological polar surface area (TPSA) is 56.8 Å². The van der Waals surface area contributed by atoms with E-state index in [4.69, 9.17) is 25.8 Å². The van der Waals surface area contributed by atoms with Gasteiger partial charge in [0.2, 0.25) is 0 Å². The predicted octanol–water partition coefficient (Wildman–Crippen LogP) is 3.30. The molecule has 2 aromatic carbocycles. The number of hydrogen-bond donors (Lipinski definition) is 1. The van der Waals surface area contributed by atoms with Gasteiger partial charge in [0.15, 0.2) is 11.5 Å². The second-order valence-corrected chi connectivity index (χ2v) is 5.15. The van der Waals surface area contributed by atoms with E-state index < -0.39 is 0 Å². The molecule has 0 radical (unpaired) electrons. The Morgan fingerprint density at radius 2 is 1.52 bits per heavy atom. The van der Waals surface area contributed by atoms with Gasteiger partial charge in [-0.25, -0.2) is 0 Å². The summed E-state index contributed by atoms with van der Waals surface area (Å²) in [6.45, 7) is 0.382. The molecule has 0 aliphatic carbocycles. The molecule has 0 heterocycles. The Labute approximate surface area is 140 Å². The van der Waals surface area contributed by atoms with Gasteiger partial charge in [0.05, 0.1) is 26.9 Å². The van der Waals surface area contributed by atoms with Crippen LogP contribution in [0, 0.1) is 0 Å². The Bertz CT molecular complexity index is 686. The van der Waals surface area contributed by atoms with E-state index in [1.165, 1.54) is 21.3 Å². The van der Waals surface area contributed by atoms with Gasteiger partial charge in [-0.15, -0.1) is 0 Å². The second-order valence-electron chi connectivity index (χ2n) is 4.72. The minimum Gasteiger partial charge on any atom is -0.496 e. The van der Waals surface area contributed by atoms with E-state index in [0.717, 1.165) is 5.56 Å². The largest absolute Gasteiger partial charge is 0.496 e. The summed E-state index contributed by atoms with van der Waals surface area (Å²) in [4.78, 5) is 12.4. The number of methoxy groups -OCH3 is 3. The zero-order valence-electron chi connectivity index (χ0n) is 13.2. The van der Waals surface area contributed by atoms with E-state index in [9.17, 15) is 4.79 Å². The van der Waals surface area contributed by atoms with Crippen molar-refractivity contribution in [3.05, 3.63) is 52.5 Å². The quantitative estimate of drug-likeness (QED) is 0.880. The van der Waals surface area contributed by atoms with E-state index in [2.05, 4.69) is 5.32 Å². The Hall–Kier alpha value is -2.40. The van der Waals surface area contributed by atoms with Crippen LogP contribution in [-0.2, 0) is 6.54 Å². The van der Waals surface area contributed by atoms with Gasteiger partial charge in [0.1, 0.15) is 5.75 Å². The van der Waals surface area contributed by atoms with Crippen LogP contribution < -0.4 is 19.5 Å². The van der Waals surface area contributed by atoms with Crippen molar-refractivity contribution in [3.8, 4) is 17.2 Å². The lowest BCUT2D eigenvalue weighted by atomic mass is 10.1. The standard InChI is InChI=1S/C17H18ClNO4/c1-21-14-9-16(23-3)15(22-2)8-13(14)17(20)19-10-11-4-6-12(18)7-5-11/h4-9H,10H2,1-3H3,(H,19,20). The SMILES string of the molecule is COc1cc(OC)c(C(=O)NCc2ccc(Cl)cc2)cc1OC. The number of rotatable bonds is 6. The number of halogens is 1. The van der Waals surface area contributed by atoms with Gasteiger partial charge < -0.3 is 19.5 Å². The van der Waals surface area contributed by atoms with Gasteiger partial charge in [-0.05, 0) is 17.7 Å². The third kappa shape index (κ3) is 4.07. The van der Waals surface area contributed by atoms with Crippen LogP contribution in [0.4, 0.5) is 0 Å². The average Bonchev–Trinajstić information content (AvgIpc) is 2.59. The first-order chi connectivity index (χ1) is 11.1. The molecule has 0 unspecified atom stereocenters. The van der Waals surface area contributed by atoms with Gasteiger partial charge in [0, 0.05) is 23.7 Å². The summed E-state index contributed by atoms with van der Waals surface area (Å²) in [5, 5.41) is 3.49. The summed E-state index contributed by atoms with van der Waals surface area (Å²) in [5.41, 5.74) is 1.32. The Morgan fingerprint density at radius 1 is 0.957 bits per heavy atom. The maximum Gasteiger partial charge on any atom is 0.255 e. The van der Waals surface area contributed by atoms with Crippen LogP contribution in [0.5, 0.6) is 17.2 Å². The lowest BCUT2D eigenvalue weighted by Gasteiger charge is -2.14. The molecule has 0 aliphatic heterocycles. The Balaban J connectivity index is 2.19. The van der Waals surface area contributed by atoms with Crippen molar-refractivity contribution >= 4 is 17.5 Å². The first-order valence-electron chi connectivity index (χ1n) is 6.91. The van der Waals surface area contributed by atoms with Crippen LogP contribution in [0.2, 0.25) is 5.02 Å². The minimum absolute atomic E-state index is 0.266. The molecule has 0 fully saturated rings. The van der Waals surface area contributed by atoms with Crippen molar-refractivity contribution in [1.29, 1.82) is 0 Å². The van der Waals surface area contributed by atoms with Gasteiger partial charge >= 0.3 is 0 Å². The number of benzene rings is 2. The summed E-state index contributed by atoms with van der Waals surface area (Å²) in [6.07, 6.45) is 0. The van der Waals surface area contributed by atoms with Crippen molar-refractivity contribution in [2.75, 3.05) is 21.3 Å². The zero-order valence-corrected chi connectivity index (χ0v) is 13.9. The average molecular weight is 336 g/mol. The maximum absolute atomic E-state index is 12.4. The first-order valence-corrected chi connectivity index (χ1v) is 7.29. The first kappa shape index (κ1) is 17.0. The molecule has 5 nitrogen and oxygen atoms in total. The van der Waals surface area contributed by atoms with Crippen molar-refractivity contribution in [1.82, 2.24) is 5.32 Å². The van der Waals surface area contributed by atoms with E-state index in [-0.39, 0.29) is 5.91 Å². The lowest BCUT2D eigenvalue weighted by molar-refractivity contribution is 0.0947. The summed E-state index contributed by atoms with van der Waals surface area (Å²) >= 11 is 5.84. The molecule has 1 N–H and O–H groups in total. The fourth-order valence-corrected chi connectivity index (χ4v) is 2.21. The van der Waals surface area contributed by atoms with Crippen LogP contribution >= 0.6 is 11.6 Å². The molecule has 23 heavy (non-hydrogen) atoms. The van der Waals surface area contributed by atoms with Crippen molar-refractivity contribution in [2.45, 2.75) is 6.54 Å². The van der Waals surface area contributed by atoms with Crippen molar-refractivity contribution in [2.24, 2.45) is 0 Å². The molecule has 0 aliphatic rings. The number of amides is 1. The molecule has 2 aromatic rings. The van der Waals surface area contributed by atoms with Crippen LogP contribution in [-0.4, -0.2) is 27.2 Å². The third-order valence-corrected chi connectivity index (χ3v) is 3.57. The summed E-state index contributed by atoms with van der Waals surface area (Å²) < 4.78 is 15.7. The maximum atomic E-state index is 12.4. The molecule has 122 valence electrons. The highest BCUT2D eigenvalue weighted by Crippen LogP contribution is 2.34. The molecule has 6 heteroatoms. The highest BCUT2D eigenvalue weighted by atomic mass is 35.5. The normalized spacial score (nSPS) is 10.1. The number of ether oxygens (including phenoxy) is 3. The lowest BCUT2D eigenvalue weighted by Crippen LogP contribution is -2.23. The fourth-order valence-electron chi connectivity index (χ4n) is 2.09. The molecule has 1 amide bonds. The highest BCUT2D eigenvalue weighted by molar-refractivity contribution is 6.30. The van der Waals surface area contributed by atoms with Gasteiger partial charge in [-0.1, -0.05) is 23.7 Å². The zero-order chi connectivity index (χ0) is 16.8. The van der Waals surface area contributed by atoms with E-state index in [1.807, 2.05) is 12.1 Å². The van der Waals surface area contributed by atoms with Crippen molar-refractivity contribution < 1.29 is 19.0 Å². The molecule has 0 spiro atoms. The van der Waals surface area contributed by atoms with Crippen molar-refractivity contribution in [3.63, 3.8) is 0 Å². The Kier molecular flexibility index (Phi) is 5.71. The molecule has 0 bridgehead atoms. The highest BCUT2D eigenvalue weighted by Gasteiger charge is 2.17. The number of hydrogen-bond acceptors (Lipinski definition) is 4. The van der Waals surface area contributed by atoms with Gasteiger partial charge in [-0.3, -0.25) is 4.79 Å². The van der Waals surface area contributed by atoms with E-state index in [0.29, 0.717) is 34.4 Å². The van der Waals surface area contributed by atoms with E-state index in [1.54, 1.807) is 24.3 Å². The minimum atomic E-state index is -0.266. The molecular formula is C17H18ClNO4. The van der Waals surface area contributed by atoms with Gasteiger partial charge in [-0.2, -0.15) is 0 Å². The molecule has 0 aromatic heterocycles. The molecule has 0 atom stereocenters. The second kappa shape index (κ2) is 7.74. The Morgan fingerprint density at radius 3 is 2.09 bits per heavy atom. The van der Waals surface area contributed by atoms with E-state index >= 15 is 0 Å². The van der Waals surface area contributed by atoms with Crippen LogP contribution in [0.3, 0.4) is 0 Å². The van der Waals surface area contributed by atoms with Crippen LogP contribution in [0.25, 0.3) is 0 Å².